The van der Waals surface area contributed by atoms with Gasteiger partial charge >= 0.3 is 0 Å². The second kappa shape index (κ2) is 9.35. The van der Waals surface area contributed by atoms with Gasteiger partial charge in [-0.25, -0.2) is 8.42 Å². The predicted octanol–water partition coefficient (Wildman–Crippen LogP) is 1.41. The molecule has 0 spiro atoms. The number of amides is 1. The number of nitrogens with zero attached hydrogens (tertiary/aromatic N) is 2. The van der Waals surface area contributed by atoms with E-state index in [1.165, 1.54) is 4.31 Å². The topological polar surface area (TPSA) is 79.0 Å². The minimum absolute atomic E-state index is 0.145. The van der Waals surface area contributed by atoms with Crippen molar-refractivity contribution < 1.29 is 17.9 Å². The molecule has 2 heterocycles. The van der Waals surface area contributed by atoms with E-state index in [0.29, 0.717) is 25.6 Å². The van der Waals surface area contributed by atoms with E-state index in [4.69, 9.17) is 4.74 Å². The Morgan fingerprint density at radius 1 is 1.25 bits per heavy atom. The van der Waals surface area contributed by atoms with Crippen LogP contribution in [0.4, 0.5) is 0 Å². The molecule has 1 aromatic rings. The largest absolute Gasteiger partial charge is 0.377 e. The number of hydrogen-bond acceptors (Lipinski definition) is 5. The van der Waals surface area contributed by atoms with Gasteiger partial charge in [0.05, 0.1) is 17.5 Å². The summed E-state index contributed by atoms with van der Waals surface area (Å²) in [6.07, 6.45) is 1.59. The summed E-state index contributed by atoms with van der Waals surface area (Å²) in [4.78, 5) is 14.7. The molecule has 2 aliphatic rings. The molecule has 8 heteroatoms. The fraction of sp³-hybridized carbons (Fsp3) is 0.650. The molecule has 1 amide bonds. The normalized spacial score (nSPS) is 20.9. The van der Waals surface area contributed by atoms with E-state index in [9.17, 15) is 13.2 Å². The first-order valence-corrected chi connectivity index (χ1v) is 11.5. The van der Waals surface area contributed by atoms with Crippen molar-refractivity contribution in [1.29, 1.82) is 0 Å². The second-order valence-corrected chi connectivity index (χ2v) is 9.73. The van der Waals surface area contributed by atoms with Crippen LogP contribution >= 0.6 is 0 Å². The van der Waals surface area contributed by atoms with Crippen LogP contribution in [0.5, 0.6) is 0 Å². The lowest BCUT2D eigenvalue weighted by Gasteiger charge is -2.31. The summed E-state index contributed by atoms with van der Waals surface area (Å²) in [5, 5.41) is 3.21. The van der Waals surface area contributed by atoms with Gasteiger partial charge in [0, 0.05) is 39.3 Å². The Balaban J connectivity index is 1.80. The summed E-state index contributed by atoms with van der Waals surface area (Å²) in [7, 11) is -3.77. The molecule has 28 heavy (non-hydrogen) atoms. The number of carbonyl (C=O) groups is 1. The molecule has 7 nitrogen and oxygen atoms in total. The quantitative estimate of drug-likeness (QED) is 0.737. The minimum atomic E-state index is -3.77. The molecule has 2 fully saturated rings. The van der Waals surface area contributed by atoms with Crippen molar-refractivity contribution in [3.05, 3.63) is 29.8 Å². The van der Waals surface area contributed by atoms with Crippen molar-refractivity contribution in [1.82, 2.24) is 14.5 Å². The number of piperazine rings is 1. The molecule has 156 valence electrons. The third-order valence-electron chi connectivity index (χ3n) is 5.40. The van der Waals surface area contributed by atoms with E-state index in [0.717, 1.165) is 31.5 Å². The lowest BCUT2D eigenvalue weighted by molar-refractivity contribution is -0.132. The average molecular weight is 410 g/mol. The van der Waals surface area contributed by atoms with Crippen molar-refractivity contribution in [2.75, 3.05) is 45.9 Å². The first-order chi connectivity index (χ1) is 13.4. The highest BCUT2D eigenvalue weighted by Crippen LogP contribution is 2.22. The van der Waals surface area contributed by atoms with Gasteiger partial charge in [0.2, 0.25) is 15.9 Å². The zero-order valence-corrected chi connectivity index (χ0v) is 17.6. The zero-order valence-electron chi connectivity index (χ0n) is 16.8. The molecule has 0 radical (unpaired) electrons. The van der Waals surface area contributed by atoms with Crippen molar-refractivity contribution in [3.63, 3.8) is 0 Å². The van der Waals surface area contributed by atoms with Gasteiger partial charge in [-0.05, 0) is 36.5 Å². The molecule has 1 atom stereocenters. The van der Waals surface area contributed by atoms with Crippen LogP contribution in [0.2, 0.25) is 0 Å². The average Bonchev–Trinajstić information content (AvgIpc) is 3.21. The van der Waals surface area contributed by atoms with E-state index in [2.05, 4.69) is 19.2 Å². The molecule has 1 N–H and O–H groups in total. The third kappa shape index (κ3) is 5.11. The molecule has 3 rings (SSSR count). The Kier molecular flexibility index (Phi) is 7.09. The SMILES string of the molecule is CC(C)c1ccc(S(=O)(=O)N(CC(=O)N2CCNCC2)C[C@H]2CCCO2)cc1. The van der Waals surface area contributed by atoms with E-state index >= 15 is 0 Å². The van der Waals surface area contributed by atoms with E-state index < -0.39 is 10.0 Å². The summed E-state index contributed by atoms with van der Waals surface area (Å²) in [6, 6.07) is 6.98. The maximum absolute atomic E-state index is 13.3. The highest BCUT2D eigenvalue weighted by molar-refractivity contribution is 7.89. The van der Waals surface area contributed by atoms with Gasteiger partial charge < -0.3 is 15.0 Å². The number of ether oxygens (including phenoxy) is 1. The molecule has 0 saturated carbocycles. The molecule has 0 bridgehead atoms. The molecule has 1 aromatic carbocycles. The number of hydrogen-bond donors (Lipinski definition) is 1. The van der Waals surface area contributed by atoms with Crippen molar-refractivity contribution in [2.24, 2.45) is 0 Å². The monoisotopic (exact) mass is 409 g/mol. The van der Waals surface area contributed by atoms with Crippen molar-refractivity contribution >= 4 is 15.9 Å². The second-order valence-electron chi connectivity index (χ2n) is 7.79. The first-order valence-electron chi connectivity index (χ1n) is 10.1. The van der Waals surface area contributed by atoms with Gasteiger partial charge in [0.25, 0.3) is 0 Å². The van der Waals surface area contributed by atoms with Crippen LogP contribution < -0.4 is 5.32 Å². The van der Waals surface area contributed by atoms with Crippen LogP contribution in [0.3, 0.4) is 0 Å². The Hall–Kier alpha value is -1.48. The molecule has 0 unspecified atom stereocenters. The van der Waals surface area contributed by atoms with Crippen LogP contribution in [0.1, 0.15) is 38.2 Å². The molecule has 2 saturated heterocycles. The number of carbonyl (C=O) groups excluding carboxylic acids is 1. The van der Waals surface area contributed by atoms with Gasteiger partial charge in [-0.2, -0.15) is 4.31 Å². The lowest BCUT2D eigenvalue weighted by atomic mass is 10.0. The first kappa shape index (κ1) is 21.2. The molecular weight excluding hydrogens is 378 g/mol. The van der Waals surface area contributed by atoms with Gasteiger partial charge in [-0.1, -0.05) is 26.0 Å². The highest BCUT2D eigenvalue weighted by atomic mass is 32.2. The Morgan fingerprint density at radius 2 is 1.93 bits per heavy atom. The number of nitrogens with one attached hydrogen (secondary N) is 1. The van der Waals surface area contributed by atoms with Crippen LogP contribution in [0, 0.1) is 0 Å². The zero-order chi connectivity index (χ0) is 20.1. The Bertz CT molecular complexity index is 752. The third-order valence-corrected chi connectivity index (χ3v) is 7.22. The predicted molar refractivity (Wildman–Crippen MR) is 108 cm³/mol. The number of benzene rings is 1. The molecule has 0 aromatic heterocycles. The van der Waals surface area contributed by atoms with Crippen LogP contribution in [-0.4, -0.2) is 75.5 Å². The summed E-state index contributed by atoms with van der Waals surface area (Å²) >= 11 is 0. The van der Waals surface area contributed by atoms with Gasteiger partial charge in [0.15, 0.2) is 0 Å². The van der Waals surface area contributed by atoms with Crippen molar-refractivity contribution in [3.8, 4) is 0 Å². The van der Waals surface area contributed by atoms with Crippen LogP contribution in [-0.2, 0) is 19.6 Å². The maximum atomic E-state index is 13.3. The Morgan fingerprint density at radius 3 is 2.50 bits per heavy atom. The fourth-order valence-electron chi connectivity index (χ4n) is 3.60. The summed E-state index contributed by atoms with van der Waals surface area (Å²) in [5.41, 5.74) is 1.08. The highest BCUT2D eigenvalue weighted by Gasteiger charge is 2.32. The summed E-state index contributed by atoms with van der Waals surface area (Å²) in [6.45, 7) is 7.54. The molecular formula is C20H31N3O4S. The Labute approximate surface area is 168 Å². The summed E-state index contributed by atoms with van der Waals surface area (Å²) < 4.78 is 33.6. The lowest BCUT2D eigenvalue weighted by Crippen LogP contribution is -2.51. The van der Waals surface area contributed by atoms with Crippen LogP contribution in [0.15, 0.2) is 29.2 Å². The molecule has 0 aliphatic carbocycles. The van der Waals surface area contributed by atoms with Crippen molar-refractivity contribution in [2.45, 2.75) is 43.6 Å². The van der Waals surface area contributed by atoms with E-state index in [1.54, 1.807) is 17.0 Å². The summed E-state index contributed by atoms with van der Waals surface area (Å²) in [5.74, 6) is 0.177. The van der Waals surface area contributed by atoms with Gasteiger partial charge in [0.1, 0.15) is 0 Å². The maximum Gasteiger partial charge on any atom is 0.243 e. The van der Waals surface area contributed by atoms with E-state index in [-0.39, 0.29) is 30.0 Å². The van der Waals surface area contributed by atoms with E-state index in [1.807, 2.05) is 12.1 Å². The minimum Gasteiger partial charge on any atom is -0.377 e. The fourth-order valence-corrected chi connectivity index (χ4v) is 5.02. The molecule has 2 aliphatic heterocycles. The standard InChI is InChI=1S/C20H31N3O4S/c1-16(2)17-5-7-19(8-6-17)28(25,26)23(14-18-4-3-13-27-18)15-20(24)22-11-9-21-10-12-22/h5-8,16,18,21H,3-4,9-15H2,1-2H3/t18-/m1/s1. The number of sulfonamides is 1. The van der Waals surface area contributed by atoms with Crippen LogP contribution in [0.25, 0.3) is 0 Å². The van der Waals surface area contributed by atoms with Gasteiger partial charge in [-0.15, -0.1) is 0 Å². The number of rotatable bonds is 7. The smallest absolute Gasteiger partial charge is 0.243 e. The van der Waals surface area contributed by atoms with Gasteiger partial charge in [-0.3, -0.25) is 4.79 Å².